The van der Waals surface area contributed by atoms with E-state index >= 15 is 0 Å². The van der Waals surface area contributed by atoms with Crippen molar-refractivity contribution in [2.45, 2.75) is 32.4 Å². The highest BCUT2D eigenvalue weighted by atomic mass is 32.2. The molecule has 0 amide bonds. The van der Waals surface area contributed by atoms with Gasteiger partial charge in [0.2, 0.25) is 0 Å². The Morgan fingerprint density at radius 1 is 1.62 bits per heavy atom. The average molecular weight is 245 g/mol. The van der Waals surface area contributed by atoms with Crippen LogP contribution in [0.3, 0.4) is 0 Å². The quantitative estimate of drug-likeness (QED) is 0.342. The molecule has 1 rings (SSSR count). The van der Waals surface area contributed by atoms with E-state index in [1.54, 1.807) is 0 Å². The Hall–Kier alpha value is -0.420. The standard InChI is InChI=1S/C11H23N3OS/c1-9-8-14(6-7-16-9)5-4-11(2,3)10(12)13-15/h9,15H,4-8H2,1-3H3,(H2,12,13). The van der Waals surface area contributed by atoms with Gasteiger partial charge in [0.05, 0.1) is 0 Å². The Morgan fingerprint density at radius 2 is 2.31 bits per heavy atom. The Balaban J connectivity index is 2.38. The molecule has 0 aromatic rings. The van der Waals surface area contributed by atoms with E-state index in [0.717, 1.165) is 31.3 Å². The highest BCUT2D eigenvalue weighted by Gasteiger charge is 2.25. The van der Waals surface area contributed by atoms with Crippen LogP contribution in [-0.2, 0) is 0 Å². The molecule has 0 saturated carbocycles. The molecule has 0 bridgehead atoms. The van der Waals surface area contributed by atoms with E-state index < -0.39 is 0 Å². The fourth-order valence-corrected chi connectivity index (χ4v) is 2.88. The Labute approximate surface area is 102 Å². The zero-order chi connectivity index (χ0) is 12.2. The van der Waals surface area contributed by atoms with Crippen molar-refractivity contribution in [3.05, 3.63) is 0 Å². The second-order valence-electron chi connectivity index (χ2n) is 5.10. The van der Waals surface area contributed by atoms with E-state index in [9.17, 15) is 0 Å². The molecular weight excluding hydrogens is 222 g/mol. The fraction of sp³-hybridized carbons (Fsp3) is 0.909. The minimum Gasteiger partial charge on any atom is -0.409 e. The van der Waals surface area contributed by atoms with Crippen LogP contribution in [-0.4, -0.2) is 46.6 Å². The Bertz CT molecular complexity index is 256. The second kappa shape index (κ2) is 5.77. The number of rotatable bonds is 4. The maximum Gasteiger partial charge on any atom is 0.144 e. The third-order valence-electron chi connectivity index (χ3n) is 3.18. The van der Waals surface area contributed by atoms with Gasteiger partial charge in [-0.2, -0.15) is 11.8 Å². The molecule has 0 aromatic carbocycles. The Morgan fingerprint density at radius 3 is 2.88 bits per heavy atom. The molecule has 94 valence electrons. The van der Waals surface area contributed by atoms with E-state index in [0.29, 0.717) is 5.84 Å². The molecule has 0 aromatic heterocycles. The Kier molecular flexibility index (Phi) is 4.92. The largest absolute Gasteiger partial charge is 0.409 e. The summed E-state index contributed by atoms with van der Waals surface area (Å²) in [5.41, 5.74) is 5.45. The first-order valence-corrected chi connectivity index (χ1v) is 6.82. The summed E-state index contributed by atoms with van der Waals surface area (Å²) in [7, 11) is 0. The predicted molar refractivity (Wildman–Crippen MR) is 70.2 cm³/mol. The SMILES string of the molecule is CC1CN(CCC(C)(C)C(N)=NO)CCS1. The predicted octanol–water partition coefficient (Wildman–Crippen LogP) is 1.59. The van der Waals surface area contributed by atoms with Gasteiger partial charge < -0.3 is 15.8 Å². The molecule has 1 fully saturated rings. The maximum atomic E-state index is 8.70. The van der Waals surface area contributed by atoms with Crippen molar-refractivity contribution in [1.82, 2.24) is 4.90 Å². The van der Waals surface area contributed by atoms with E-state index in [4.69, 9.17) is 10.9 Å². The van der Waals surface area contributed by atoms with Gasteiger partial charge in [-0.05, 0) is 13.0 Å². The molecule has 1 unspecified atom stereocenters. The van der Waals surface area contributed by atoms with Gasteiger partial charge in [0, 0.05) is 29.5 Å². The monoisotopic (exact) mass is 245 g/mol. The highest BCUT2D eigenvalue weighted by Crippen LogP contribution is 2.23. The minimum atomic E-state index is -0.220. The lowest BCUT2D eigenvalue weighted by atomic mass is 9.88. The molecule has 3 N–H and O–H groups in total. The molecule has 1 heterocycles. The summed E-state index contributed by atoms with van der Waals surface area (Å²) in [6, 6.07) is 0. The molecule has 1 aliphatic heterocycles. The molecule has 0 aliphatic carbocycles. The van der Waals surface area contributed by atoms with Crippen molar-refractivity contribution >= 4 is 17.6 Å². The van der Waals surface area contributed by atoms with Crippen molar-refractivity contribution in [2.75, 3.05) is 25.4 Å². The highest BCUT2D eigenvalue weighted by molar-refractivity contribution is 7.99. The molecule has 5 heteroatoms. The number of amidine groups is 1. The third-order valence-corrected chi connectivity index (χ3v) is 4.32. The van der Waals surface area contributed by atoms with Gasteiger partial charge in [0.25, 0.3) is 0 Å². The zero-order valence-electron chi connectivity index (χ0n) is 10.4. The first kappa shape index (κ1) is 13.6. The number of nitrogens with zero attached hydrogens (tertiary/aromatic N) is 2. The maximum absolute atomic E-state index is 8.70. The van der Waals surface area contributed by atoms with E-state index in [1.165, 1.54) is 5.75 Å². The number of nitrogens with two attached hydrogens (primary N) is 1. The number of thioether (sulfide) groups is 1. The van der Waals surface area contributed by atoms with E-state index in [-0.39, 0.29) is 5.41 Å². The van der Waals surface area contributed by atoms with Gasteiger partial charge in [-0.1, -0.05) is 25.9 Å². The molecular formula is C11H23N3OS. The van der Waals surface area contributed by atoms with Crippen LogP contribution in [0.2, 0.25) is 0 Å². The van der Waals surface area contributed by atoms with Gasteiger partial charge >= 0.3 is 0 Å². The lowest BCUT2D eigenvalue weighted by molar-refractivity contribution is 0.249. The summed E-state index contributed by atoms with van der Waals surface area (Å²) in [5.74, 6) is 1.54. The summed E-state index contributed by atoms with van der Waals surface area (Å²) >= 11 is 2.04. The molecule has 1 atom stereocenters. The fourth-order valence-electron chi connectivity index (χ4n) is 1.79. The lowest BCUT2D eigenvalue weighted by Gasteiger charge is -2.33. The normalized spacial score (nSPS) is 24.7. The summed E-state index contributed by atoms with van der Waals surface area (Å²) in [5, 5.41) is 12.5. The smallest absolute Gasteiger partial charge is 0.144 e. The van der Waals surface area contributed by atoms with E-state index in [1.807, 2.05) is 25.6 Å². The van der Waals surface area contributed by atoms with Crippen LogP contribution in [0.5, 0.6) is 0 Å². The molecule has 16 heavy (non-hydrogen) atoms. The molecule has 0 spiro atoms. The first-order chi connectivity index (χ1) is 7.45. The summed E-state index contributed by atoms with van der Waals surface area (Å²) in [6.45, 7) is 9.63. The molecule has 1 aliphatic rings. The molecule has 0 radical (unpaired) electrons. The first-order valence-electron chi connectivity index (χ1n) is 5.77. The van der Waals surface area contributed by atoms with Crippen molar-refractivity contribution in [3.8, 4) is 0 Å². The summed E-state index contributed by atoms with van der Waals surface area (Å²) in [4.78, 5) is 2.47. The van der Waals surface area contributed by atoms with Gasteiger partial charge in [-0.3, -0.25) is 0 Å². The number of hydrogen-bond acceptors (Lipinski definition) is 4. The minimum absolute atomic E-state index is 0.220. The van der Waals surface area contributed by atoms with E-state index in [2.05, 4.69) is 17.0 Å². The van der Waals surface area contributed by atoms with Crippen LogP contribution in [0.25, 0.3) is 0 Å². The lowest BCUT2D eigenvalue weighted by Crippen LogP contribution is -2.41. The van der Waals surface area contributed by atoms with Gasteiger partial charge in [0.1, 0.15) is 5.84 Å². The molecule has 4 nitrogen and oxygen atoms in total. The van der Waals surface area contributed by atoms with Crippen molar-refractivity contribution in [1.29, 1.82) is 0 Å². The molecule has 1 saturated heterocycles. The van der Waals surface area contributed by atoms with Gasteiger partial charge in [-0.25, -0.2) is 0 Å². The second-order valence-corrected chi connectivity index (χ2v) is 6.65. The summed E-state index contributed by atoms with van der Waals surface area (Å²) in [6.07, 6.45) is 0.931. The van der Waals surface area contributed by atoms with Crippen LogP contribution < -0.4 is 5.73 Å². The topological polar surface area (TPSA) is 61.8 Å². The van der Waals surface area contributed by atoms with Crippen LogP contribution >= 0.6 is 11.8 Å². The number of oxime groups is 1. The van der Waals surface area contributed by atoms with Gasteiger partial charge in [0.15, 0.2) is 0 Å². The van der Waals surface area contributed by atoms with Crippen molar-refractivity contribution in [3.63, 3.8) is 0 Å². The zero-order valence-corrected chi connectivity index (χ0v) is 11.3. The van der Waals surface area contributed by atoms with Crippen molar-refractivity contribution < 1.29 is 5.21 Å². The third kappa shape index (κ3) is 3.87. The van der Waals surface area contributed by atoms with Crippen molar-refractivity contribution in [2.24, 2.45) is 16.3 Å². The van der Waals surface area contributed by atoms with Gasteiger partial charge in [-0.15, -0.1) is 0 Å². The summed E-state index contributed by atoms with van der Waals surface area (Å²) < 4.78 is 0. The van der Waals surface area contributed by atoms with Crippen LogP contribution in [0, 0.1) is 5.41 Å². The number of hydrogen-bond donors (Lipinski definition) is 2. The van der Waals surface area contributed by atoms with Crippen LogP contribution in [0.1, 0.15) is 27.2 Å². The van der Waals surface area contributed by atoms with Crippen LogP contribution in [0.15, 0.2) is 5.16 Å². The van der Waals surface area contributed by atoms with Crippen LogP contribution in [0.4, 0.5) is 0 Å². The average Bonchev–Trinajstić information content (AvgIpc) is 2.25.